The molecule has 0 aliphatic rings. The Morgan fingerprint density at radius 3 is 2.27 bits per heavy atom. The van der Waals surface area contributed by atoms with Gasteiger partial charge in [-0.2, -0.15) is 0 Å². The number of rotatable bonds is 8. The van der Waals surface area contributed by atoms with E-state index < -0.39 is 9.84 Å². The molecule has 0 atom stereocenters. The molecule has 0 saturated carbocycles. The van der Waals surface area contributed by atoms with E-state index >= 15 is 0 Å². The van der Waals surface area contributed by atoms with E-state index in [0.29, 0.717) is 22.7 Å². The molecule has 156 valence electrons. The number of carbonyl (C=O) groups is 1. The summed E-state index contributed by atoms with van der Waals surface area (Å²) in [6.07, 6.45) is 0. The van der Waals surface area contributed by atoms with Gasteiger partial charge in [-0.25, -0.2) is 8.42 Å². The highest BCUT2D eigenvalue weighted by Crippen LogP contribution is 2.29. The first-order chi connectivity index (χ1) is 14.4. The molecule has 1 N–H and O–H groups in total. The molecule has 3 aromatic rings. The molecule has 0 spiro atoms. The van der Waals surface area contributed by atoms with Crippen LogP contribution in [0.2, 0.25) is 0 Å². The van der Waals surface area contributed by atoms with Gasteiger partial charge in [-0.3, -0.25) is 4.79 Å². The Bertz CT molecular complexity index is 1110. The average molecular weight is 426 g/mol. The van der Waals surface area contributed by atoms with Gasteiger partial charge >= 0.3 is 0 Å². The van der Waals surface area contributed by atoms with Gasteiger partial charge in [0.05, 0.1) is 22.9 Å². The van der Waals surface area contributed by atoms with Crippen molar-refractivity contribution in [3.8, 4) is 11.5 Å². The van der Waals surface area contributed by atoms with Gasteiger partial charge in [0, 0.05) is 12.7 Å². The number of aryl methyl sites for hydroxylation is 1. The van der Waals surface area contributed by atoms with Crippen molar-refractivity contribution in [1.29, 1.82) is 0 Å². The minimum absolute atomic E-state index is 0.112. The first-order valence-corrected chi connectivity index (χ1v) is 11.0. The van der Waals surface area contributed by atoms with Gasteiger partial charge in [0.15, 0.2) is 15.6 Å². The molecule has 0 aliphatic carbocycles. The predicted molar refractivity (Wildman–Crippen MR) is 116 cm³/mol. The number of ether oxygens (including phenoxy) is 2. The summed E-state index contributed by atoms with van der Waals surface area (Å²) in [4.78, 5) is 12.8. The molecule has 7 heteroatoms. The maximum Gasteiger partial charge on any atom is 0.255 e. The van der Waals surface area contributed by atoms with Crippen LogP contribution in [0.5, 0.6) is 11.5 Å². The maximum atomic E-state index is 12.7. The third-order valence-corrected chi connectivity index (χ3v) is 6.11. The van der Waals surface area contributed by atoms with E-state index in [1.54, 1.807) is 18.2 Å². The lowest BCUT2D eigenvalue weighted by Gasteiger charge is -2.12. The Kier molecular flexibility index (Phi) is 6.87. The Morgan fingerprint density at radius 1 is 0.933 bits per heavy atom. The SMILES string of the molecule is COCCS(=O)(=O)c1ccc(C(=O)Nc2ccccc2Oc2ccc(C)cc2)cc1. The summed E-state index contributed by atoms with van der Waals surface area (Å²) in [6, 6.07) is 20.5. The molecule has 0 saturated heterocycles. The second kappa shape index (κ2) is 9.56. The van der Waals surface area contributed by atoms with Crippen molar-refractivity contribution in [3.05, 3.63) is 83.9 Å². The van der Waals surface area contributed by atoms with Crippen molar-refractivity contribution in [3.63, 3.8) is 0 Å². The molecule has 0 fully saturated rings. The number of anilines is 1. The van der Waals surface area contributed by atoms with Crippen molar-refractivity contribution in [2.45, 2.75) is 11.8 Å². The zero-order valence-electron chi connectivity index (χ0n) is 16.8. The highest BCUT2D eigenvalue weighted by atomic mass is 32.2. The normalized spacial score (nSPS) is 11.1. The van der Waals surface area contributed by atoms with Crippen molar-refractivity contribution >= 4 is 21.4 Å². The van der Waals surface area contributed by atoms with Crippen LogP contribution in [0.1, 0.15) is 15.9 Å². The van der Waals surface area contributed by atoms with Gasteiger partial charge in [-0.05, 0) is 55.5 Å². The smallest absolute Gasteiger partial charge is 0.255 e. The van der Waals surface area contributed by atoms with Gasteiger partial charge in [0.2, 0.25) is 0 Å². The fourth-order valence-electron chi connectivity index (χ4n) is 2.71. The van der Waals surface area contributed by atoms with E-state index in [1.807, 2.05) is 37.3 Å². The number of carbonyl (C=O) groups excluding carboxylic acids is 1. The Balaban J connectivity index is 1.74. The first kappa shape index (κ1) is 21.5. The van der Waals surface area contributed by atoms with Crippen LogP contribution < -0.4 is 10.1 Å². The van der Waals surface area contributed by atoms with Gasteiger partial charge in [-0.15, -0.1) is 0 Å². The summed E-state index contributed by atoms with van der Waals surface area (Å²) in [5.41, 5.74) is 1.97. The molecule has 0 unspecified atom stereocenters. The Labute approximate surface area is 176 Å². The molecule has 0 heterocycles. The van der Waals surface area contributed by atoms with Gasteiger partial charge in [-0.1, -0.05) is 29.8 Å². The Hall–Kier alpha value is -3.16. The molecule has 0 bridgehead atoms. The monoisotopic (exact) mass is 425 g/mol. The highest BCUT2D eigenvalue weighted by molar-refractivity contribution is 7.91. The summed E-state index contributed by atoms with van der Waals surface area (Å²) < 4.78 is 35.1. The summed E-state index contributed by atoms with van der Waals surface area (Å²) in [7, 11) is -2.00. The standard InChI is InChI=1S/C23H23NO5S/c1-17-7-11-19(12-8-17)29-22-6-4-3-5-21(22)24-23(25)18-9-13-20(14-10-18)30(26,27)16-15-28-2/h3-14H,15-16H2,1-2H3,(H,24,25). The van der Waals surface area contributed by atoms with E-state index in [2.05, 4.69) is 5.32 Å². The highest BCUT2D eigenvalue weighted by Gasteiger charge is 2.16. The number of benzene rings is 3. The number of hydrogen-bond acceptors (Lipinski definition) is 5. The fraction of sp³-hybridized carbons (Fsp3) is 0.174. The van der Waals surface area contributed by atoms with Crippen LogP contribution in [0, 0.1) is 6.92 Å². The summed E-state index contributed by atoms with van der Waals surface area (Å²) in [6.45, 7) is 2.11. The number of methoxy groups -OCH3 is 1. The molecule has 3 aromatic carbocycles. The molecule has 6 nitrogen and oxygen atoms in total. The zero-order chi connectivity index (χ0) is 21.6. The molecule has 3 rings (SSSR count). The quantitative estimate of drug-likeness (QED) is 0.576. The molecule has 0 aromatic heterocycles. The number of amides is 1. The lowest BCUT2D eigenvalue weighted by molar-refractivity contribution is 0.102. The van der Waals surface area contributed by atoms with Crippen LogP contribution in [0.15, 0.2) is 77.7 Å². The fourth-order valence-corrected chi connectivity index (χ4v) is 3.88. The third-order valence-electron chi connectivity index (χ3n) is 4.42. The third kappa shape index (κ3) is 5.46. The summed E-state index contributed by atoms with van der Waals surface area (Å²) in [5, 5.41) is 2.82. The van der Waals surface area contributed by atoms with Crippen molar-refractivity contribution in [1.82, 2.24) is 0 Å². The van der Waals surface area contributed by atoms with E-state index in [9.17, 15) is 13.2 Å². The van der Waals surface area contributed by atoms with Gasteiger partial charge < -0.3 is 14.8 Å². The van der Waals surface area contributed by atoms with Crippen LogP contribution in [0.25, 0.3) is 0 Å². The number of hydrogen-bond donors (Lipinski definition) is 1. The molecular weight excluding hydrogens is 402 g/mol. The van der Waals surface area contributed by atoms with Crippen molar-refractivity contribution in [2.75, 3.05) is 24.8 Å². The topological polar surface area (TPSA) is 81.7 Å². The number of nitrogens with one attached hydrogen (secondary N) is 1. The van der Waals surface area contributed by atoms with E-state index in [4.69, 9.17) is 9.47 Å². The molecule has 0 aliphatic heterocycles. The number of sulfone groups is 1. The second-order valence-corrected chi connectivity index (χ2v) is 8.81. The average Bonchev–Trinajstić information content (AvgIpc) is 2.75. The van der Waals surface area contributed by atoms with Gasteiger partial charge in [0.1, 0.15) is 5.75 Å². The van der Waals surface area contributed by atoms with Crippen LogP contribution in [-0.2, 0) is 14.6 Å². The molecule has 0 radical (unpaired) electrons. The summed E-state index contributed by atoms with van der Waals surface area (Å²) >= 11 is 0. The molecule has 30 heavy (non-hydrogen) atoms. The van der Waals surface area contributed by atoms with Crippen LogP contribution in [0.3, 0.4) is 0 Å². The van der Waals surface area contributed by atoms with E-state index in [1.165, 1.54) is 31.4 Å². The molecule has 1 amide bonds. The maximum absolute atomic E-state index is 12.7. The van der Waals surface area contributed by atoms with E-state index in [0.717, 1.165) is 5.56 Å². The minimum atomic E-state index is -3.44. The molecular formula is C23H23NO5S. The van der Waals surface area contributed by atoms with Crippen LogP contribution in [0.4, 0.5) is 5.69 Å². The summed E-state index contributed by atoms with van der Waals surface area (Å²) in [5.74, 6) is 0.691. The van der Waals surface area contributed by atoms with E-state index in [-0.39, 0.29) is 23.2 Å². The lowest BCUT2D eigenvalue weighted by Crippen LogP contribution is -2.14. The number of para-hydroxylation sites is 2. The minimum Gasteiger partial charge on any atom is -0.455 e. The van der Waals surface area contributed by atoms with Crippen molar-refractivity contribution < 1.29 is 22.7 Å². The lowest BCUT2D eigenvalue weighted by atomic mass is 10.2. The first-order valence-electron chi connectivity index (χ1n) is 9.36. The second-order valence-electron chi connectivity index (χ2n) is 6.70. The van der Waals surface area contributed by atoms with Crippen molar-refractivity contribution in [2.24, 2.45) is 0 Å². The Morgan fingerprint density at radius 2 is 1.60 bits per heavy atom. The predicted octanol–water partition coefficient (Wildman–Crippen LogP) is 4.46. The largest absolute Gasteiger partial charge is 0.455 e. The zero-order valence-corrected chi connectivity index (χ0v) is 17.6. The van der Waals surface area contributed by atoms with Crippen LogP contribution in [-0.4, -0.2) is 33.8 Å². The van der Waals surface area contributed by atoms with Crippen LogP contribution >= 0.6 is 0 Å². The van der Waals surface area contributed by atoms with Gasteiger partial charge in [0.25, 0.3) is 5.91 Å².